The third-order valence-electron chi connectivity index (χ3n) is 5.00. The number of thiol groups is 1. The van der Waals surface area contributed by atoms with Crippen LogP contribution in [0.4, 0.5) is 0 Å². The van der Waals surface area contributed by atoms with E-state index in [4.69, 9.17) is 4.74 Å². The Bertz CT molecular complexity index is 1120. The van der Waals surface area contributed by atoms with Crippen molar-refractivity contribution >= 4 is 56.1 Å². The molecule has 0 unspecified atom stereocenters. The Kier molecular flexibility index (Phi) is 5.58. The summed E-state index contributed by atoms with van der Waals surface area (Å²) in [5, 5.41) is 0. The summed E-state index contributed by atoms with van der Waals surface area (Å²) >= 11 is 4.71. The zero-order chi connectivity index (χ0) is 19.8. The molecule has 0 bridgehead atoms. The van der Waals surface area contributed by atoms with Gasteiger partial charge < -0.3 is 4.74 Å². The molecule has 0 N–H and O–H groups in total. The van der Waals surface area contributed by atoms with Gasteiger partial charge in [-0.15, -0.1) is 0 Å². The maximum absolute atomic E-state index is 6.06. The highest BCUT2D eigenvalue weighted by atomic mass is 127. The topological polar surface area (TPSA) is 9.23 Å². The van der Waals surface area contributed by atoms with Gasteiger partial charge in [0.2, 0.25) is 0 Å². The number of rotatable bonds is 4. The quantitative estimate of drug-likeness (QED) is 0.159. The fourth-order valence-electron chi connectivity index (χ4n) is 3.75. The standard InChI is InChI=1S/C25H18I2OS/c26-18-13-17(14-19(27)15-18)16-28-20-9-11-21(12-10-20)29-24-7-3-1-5-22(24)23-6-2-4-8-25(23)29/h1-15,29H,16H2. The van der Waals surface area contributed by atoms with Crippen molar-refractivity contribution in [3.63, 3.8) is 0 Å². The Morgan fingerprint density at radius 2 is 1.21 bits per heavy atom. The minimum Gasteiger partial charge on any atom is -0.489 e. The van der Waals surface area contributed by atoms with E-state index in [0.29, 0.717) is 6.61 Å². The SMILES string of the molecule is Ic1cc(I)cc(COc2ccc([SH]3c4ccccc4-c4ccccc43)cc2)c1. The highest BCUT2D eigenvalue weighted by Crippen LogP contribution is 2.62. The van der Waals surface area contributed by atoms with E-state index >= 15 is 0 Å². The maximum Gasteiger partial charge on any atom is 0.119 e. The first-order valence-corrected chi connectivity index (χ1v) is 12.9. The van der Waals surface area contributed by atoms with Crippen LogP contribution in [-0.2, 0) is 6.61 Å². The third kappa shape index (κ3) is 3.94. The lowest BCUT2D eigenvalue weighted by Gasteiger charge is -2.19. The van der Waals surface area contributed by atoms with Crippen LogP contribution in [0, 0.1) is 7.14 Å². The van der Waals surface area contributed by atoms with Gasteiger partial charge in [-0.2, -0.15) is 10.9 Å². The van der Waals surface area contributed by atoms with Gasteiger partial charge in [-0.1, -0.05) is 36.4 Å². The van der Waals surface area contributed by atoms with E-state index in [1.54, 1.807) is 0 Å². The van der Waals surface area contributed by atoms with Crippen LogP contribution >= 0.6 is 56.1 Å². The van der Waals surface area contributed by atoms with Crippen LogP contribution in [0.1, 0.15) is 5.56 Å². The van der Waals surface area contributed by atoms with Gasteiger partial charge in [0.15, 0.2) is 0 Å². The molecular formula is C25H18I2OS. The van der Waals surface area contributed by atoms with E-state index < -0.39 is 10.9 Å². The van der Waals surface area contributed by atoms with E-state index in [9.17, 15) is 0 Å². The molecule has 1 heterocycles. The molecule has 0 spiro atoms. The number of benzene rings is 4. The van der Waals surface area contributed by atoms with Gasteiger partial charge in [-0.25, -0.2) is 0 Å². The highest BCUT2D eigenvalue weighted by Gasteiger charge is 2.26. The van der Waals surface area contributed by atoms with E-state index in [-0.39, 0.29) is 0 Å². The van der Waals surface area contributed by atoms with Crippen molar-refractivity contribution in [1.29, 1.82) is 0 Å². The average molecular weight is 620 g/mol. The number of hydrogen-bond acceptors (Lipinski definition) is 1. The van der Waals surface area contributed by atoms with Gasteiger partial charge in [-0.05, 0) is 121 Å². The van der Waals surface area contributed by atoms with Crippen LogP contribution in [0.15, 0.2) is 106 Å². The molecule has 29 heavy (non-hydrogen) atoms. The fraction of sp³-hybridized carbons (Fsp3) is 0.0400. The molecule has 0 aliphatic carbocycles. The summed E-state index contributed by atoms with van der Waals surface area (Å²) in [6.45, 7) is 0.590. The summed E-state index contributed by atoms with van der Waals surface area (Å²) in [6, 6.07) is 32.8. The van der Waals surface area contributed by atoms with Gasteiger partial charge in [0.05, 0.1) is 0 Å². The summed E-state index contributed by atoms with van der Waals surface area (Å²) in [4.78, 5) is 4.27. The molecule has 4 aromatic carbocycles. The maximum atomic E-state index is 6.06. The van der Waals surface area contributed by atoms with E-state index in [1.165, 1.54) is 38.5 Å². The Morgan fingerprint density at radius 3 is 1.79 bits per heavy atom. The van der Waals surface area contributed by atoms with Gasteiger partial charge in [0, 0.05) is 16.9 Å². The molecular weight excluding hydrogens is 602 g/mol. The minimum atomic E-state index is -0.504. The highest BCUT2D eigenvalue weighted by molar-refractivity contribution is 14.1. The lowest BCUT2D eigenvalue weighted by atomic mass is 10.1. The normalized spacial score (nSPS) is 13.1. The van der Waals surface area contributed by atoms with Gasteiger partial charge >= 0.3 is 0 Å². The van der Waals surface area contributed by atoms with Crippen LogP contribution in [-0.4, -0.2) is 0 Å². The summed E-state index contributed by atoms with van der Waals surface area (Å²) in [5.41, 5.74) is 3.96. The molecule has 0 atom stereocenters. The monoisotopic (exact) mass is 620 g/mol. The smallest absolute Gasteiger partial charge is 0.119 e. The second-order valence-electron chi connectivity index (χ2n) is 6.93. The zero-order valence-electron chi connectivity index (χ0n) is 15.5. The predicted octanol–water partition coefficient (Wildman–Crippen LogP) is 7.93. The molecule has 0 saturated heterocycles. The lowest BCUT2D eigenvalue weighted by molar-refractivity contribution is 0.306. The molecule has 1 aliphatic rings. The van der Waals surface area contributed by atoms with Crippen molar-refractivity contribution < 1.29 is 4.74 Å². The van der Waals surface area contributed by atoms with Gasteiger partial charge in [0.25, 0.3) is 0 Å². The number of hydrogen-bond donors (Lipinski definition) is 1. The second kappa shape index (κ2) is 8.32. The summed E-state index contributed by atoms with van der Waals surface area (Å²) in [6.07, 6.45) is 0. The Balaban J connectivity index is 1.41. The summed E-state index contributed by atoms with van der Waals surface area (Å²) in [7, 11) is -0.504. The largest absolute Gasteiger partial charge is 0.489 e. The Hall–Kier alpha value is -1.51. The Morgan fingerprint density at radius 1 is 0.655 bits per heavy atom. The van der Waals surface area contributed by atoms with Gasteiger partial charge in [0.1, 0.15) is 12.4 Å². The summed E-state index contributed by atoms with van der Waals surface area (Å²) < 4.78 is 8.54. The fourth-order valence-corrected chi connectivity index (χ4v) is 8.43. The Labute approximate surface area is 201 Å². The predicted molar refractivity (Wildman–Crippen MR) is 138 cm³/mol. The molecule has 1 aliphatic heterocycles. The van der Waals surface area contributed by atoms with Crippen LogP contribution < -0.4 is 4.74 Å². The van der Waals surface area contributed by atoms with Crippen LogP contribution in [0.25, 0.3) is 11.1 Å². The van der Waals surface area contributed by atoms with E-state index in [0.717, 1.165) is 5.75 Å². The molecule has 0 saturated carbocycles. The first kappa shape index (κ1) is 19.5. The molecule has 144 valence electrons. The van der Waals surface area contributed by atoms with Crippen molar-refractivity contribution in [3.05, 3.63) is 104 Å². The first-order chi connectivity index (χ1) is 14.2. The average Bonchev–Trinajstić information content (AvgIpc) is 3.07. The molecule has 0 fully saturated rings. The molecule has 1 nitrogen and oxygen atoms in total. The van der Waals surface area contributed by atoms with Crippen LogP contribution in [0.2, 0.25) is 0 Å². The second-order valence-corrected chi connectivity index (χ2v) is 11.6. The molecule has 4 heteroatoms. The summed E-state index contributed by atoms with van der Waals surface area (Å²) in [5.74, 6) is 0.915. The molecule has 5 rings (SSSR count). The number of ether oxygens (including phenoxy) is 1. The first-order valence-electron chi connectivity index (χ1n) is 9.35. The number of halogens is 2. The third-order valence-corrected chi connectivity index (χ3v) is 8.81. The van der Waals surface area contributed by atoms with E-state index in [2.05, 4.69) is 136 Å². The van der Waals surface area contributed by atoms with Crippen molar-refractivity contribution in [3.8, 4) is 16.9 Å². The molecule has 0 aromatic heterocycles. The van der Waals surface area contributed by atoms with Crippen LogP contribution in [0.5, 0.6) is 5.75 Å². The van der Waals surface area contributed by atoms with Crippen LogP contribution in [0.3, 0.4) is 0 Å². The van der Waals surface area contributed by atoms with E-state index in [1.807, 2.05) is 0 Å². The lowest BCUT2D eigenvalue weighted by Crippen LogP contribution is -1.96. The zero-order valence-corrected chi connectivity index (χ0v) is 20.7. The number of fused-ring (bicyclic) bond motifs is 3. The van der Waals surface area contributed by atoms with Crippen molar-refractivity contribution in [2.24, 2.45) is 0 Å². The molecule has 0 amide bonds. The van der Waals surface area contributed by atoms with Gasteiger partial charge in [-0.3, -0.25) is 0 Å². The van der Waals surface area contributed by atoms with Crippen molar-refractivity contribution in [2.75, 3.05) is 0 Å². The van der Waals surface area contributed by atoms with Crippen molar-refractivity contribution in [1.82, 2.24) is 0 Å². The molecule has 0 radical (unpaired) electrons. The minimum absolute atomic E-state index is 0.504. The van der Waals surface area contributed by atoms with Crippen molar-refractivity contribution in [2.45, 2.75) is 21.3 Å². The molecule has 4 aromatic rings.